The Labute approximate surface area is 112 Å². The molecule has 1 atom stereocenters. The molecule has 0 saturated carbocycles. The molecule has 0 aliphatic rings. The summed E-state index contributed by atoms with van der Waals surface area (Å²) in [4.78, 5) is 0. The summed E-state index contributed by atoms with van der Waals surface area (Å²) in [6, 6.07) is 3.72. The van der Waals surface area contributed by atoms with Crippen LogP contribution in [0.15, 0.2) is 18.2 Å². The molecule has 1 aromatic rings. The van der Waals surface area contributed by atoms with E-state index in [1.54, 1.807) is 6.92 Å². The number of ether oxygens (including phenoxy) is 2. The third kappa shape index (κ3) is 4.19. The van der Waals surface area contributed by atoms with E-state index in [0.717, 1.165) is 6.26 Å². The van der Waals surface area contributed by atoms with E-state index < -0.39 is 22.9 Å². The van der Waals surface area contributed by atoms with Crippen LogP contribution in [-0.2, 0) is 9.84 Å². The number of hydrogen-bond donors (Lipinski definition) is 1. The first-order valence-corrected chi connectivity index (χ1v) is 7.47. The molecule has 1 unspecified atom stereocenters. The Morgan fingerprint density at radius 1 is 1.44 bits per heavy atom. The lowest BCUT2D eigenvalue weighted by Crippen LogP contribution is -2.20. The highest BCUT2D eigenvalue weighted by atomic mass is 32.2. The normalized spacial score (nSPS) is 16.3. The van der Waals surface area contributed by atoms with Crippen molar-refractivity contribution >= 4 is 9.84 Å². The van der Waals surface area contributed by atoms with Crippen molar-refractivity contribution in [2.45, 2.75) is 13.0 Å². The first kappa shape index (κ1) is 10.6. The molecular weight excluding hydrogens is 254 g/mol. The molecule has 0 aliphatic carbocycles. The Balaban J connectivity index is 3.07. The highest BCUT2D eigenvalue weighted by Gasteiger charge is 2.15. The topological polar surface area (TPSA) is 78.6 Å². The van der Waals surface area contributed by atoms with Gasteiger partial charge in [0, 0.05) is 12.3 Å². The Bertz CT molecular complexity index is 587. The number of sulfone groups is 1. The monoisotopic (exact) mass is 276 g/mol. The van der Waals surface area contributed by atoms with E-state index in [4.69, 9.17) is 19.3 Å². The maximum Gasteiger partial charge on any atom is 0.161 e. The van der Waals surface area contributed by atoms with Crippen LogP contribution in [0.2, 0.25) is 0 Å². The van der Waals surface area contributed by atoms with Crippen molar-refractivity contribution in [1.29, 1.82) is 0 Å². The highest BCUT2D eigenvalue weighted by Crippen LogP contribution is 2.30. The number of methoxy groups -OCH3 is 1. The second kappa shape index (κ2) is 6.06. The predicted octanol–water partition coefficient (Wildman–Crippen LogP) is 1.14. The molecule has 0 heterocycles. The number of rotatable bonds is 6. The molecule has 0 spiro atoms. The van der Waals surface area contributed by atoms with E-state index >= 15 is 0 Å². The van der Waals surface area contributed by atoms with Crippen molar-refractivity contribution in [2.75, 3.05) is 25.7 Å². The lowest BCUT2D eigenvalue weighted by Gasteiger charge is -2.15. The van der Waals surface area contributed by atoms with Crippen LogP contribution < -0.4 is 15.2 Å². The fourth-order valence-electron chi connectivity index (χ4n) is 1.53. The van der Waals surface area contributed by atoms with Gasteiger partial charge < -0.3 is 15.2 Å². The summed E-state index contributed by atoms with van der Waals surface area (Å²) in [5, 5.41) is 0. The molecule has 0 bridgehead atoms. The average Bonchev–Trinajstić information content (AvgIpc) is 2.27. The second-order valence-corrected chi connectivity index (χ2v) is 6.12. The molecule has 0 saturated heterocycles. The van der Waals surface area contributed by atoms with Crippen LogP contribution in [0.25, 0.3) is 0 Å². The van der Waals surface area contributed by atoms with Crippen molar-refractivity contribution < 1.29 is 22.0 Å². The van der Waals surface area contributed by atoms with Crippen molar-refractivity contribution in [3.8, 4) is 11.5 Å². The predicted molar refractivity (Wildman–Crippen MR) is 70.8 cm³/mol. The van der Waals surface area contributed by atoms with E-state index in [9.17, 15) is 8.42 Å². The third-order valence-electron chi connectivity index (χ3n) is 2.29. The lowest BCUT2D eigenvalue weighted by molar-refractivity contribution is 0.310. The molecule has 0 radical (unpaired) electrons. The third-order valence-corrected chi connectivity index (χ3v) is 3.25. The summed E-state index contributed by atoms with van der Waals surface area (Å²) in [7, 11) is -5.82. The molecular formula is C12H19NO4S. The lowest BCUT2D eigenvalue weighted by atomic mass is 10.1. The zero-order valence-electron chi connectivity index (χ0n) is 13.3. The first-order valence-electron chi connectivity index (χ1n) is 6.91. The Morgan fingerprint density at radius 3 is 2.72 bits per heavy atom. The van der Waals surface area contributed by atoms with Gasteiger partial charge in [-0.05, 0) is 24.6 Å². The van der Waals surface area contributed by atoms with Crippen LogP contribution >= 0.6 is 0 Å². The fourth-order valence-corrected chi connectivity index (χ4v) is 2.38. The summed E-state index contributed by atoms with van der Waals surface area (Å²) < 4.78 is 54.0. The Hall–Kier alpha value is -1.27. The number of nitrogens with two attached hydrogens (primary N) is 1. The standard InChI is InChI=1S/C12H19NO4S/c1-4-17-12-7-9(5-6-11(12)16-2)10(13)8-18(3,14)15/h5-7,10H,4,8,13H2,1-3H3/i2D3. The maximum absolute atomic E-state index is 11.3. The van der Waals surface area contributed by atoms with Gasteiger partial charge in [-0.15, -0.1) is 0 Å². The summed E-state index contributed by atoms with van der Waals surface area (Å²) in [5.74, 6) is 0.0696. The van der Waals surface area contributed by atoms with Crippen LogP contribution in [0, 0.1) is 0 Å². The quantitative estimate of drug-likeness (QED) is 0.843. The summed E-state index contributed by atoms with van der Waals surface area (Å²) in [5.41, 5.74) is 6.37. The van der Waals surface area contributed by atoms with Gasteiger partial charge in [-0.25, -0.2) is 8.42 Å². The smallest absolute Gasteiger partial charge is 0.161 e. The van der Waals surface area contributed by atoms with E-state index in [2.05, 4.69) is 0 Å². The molecule has 0 fully saturated rings. The number of hydrogen-bond acceptors (Lipinski definition) is 5. The highest BCUT2D eigenvalue weighted by molar-refractivity contribution is 7.90. The molecule has 0 amide bonds. The van der Waals surface area contributed by atoms with Gasteiger partial charge in [0.1, 0.15) is 9.84 Å². The summed E-state index contributed by atoms with van der Waals surface area (Å²) in [6.07, 6.45) is 1.10. The molecule has 1 aromatic carbocycles. The zero-order chi connectivity index (χ0) is 16.3. The second-order valence-electron chi connectivity index (χ2n) is 3.94. The van der Waals surface area contributed by atoms with Crippen molar-refractivity contribution in [1.82, 2.24) is 0 Å². The Kier molecular flexibility index (Phi) is 3.58. The molecule has 0 aliphatic heterocycles. The van der Waals surface area contributed by atoms with Gasteiger partial charge in [0.05, 0.1) is 23.5 Å². The van der Waals surface area contributed by atoms with Crippen molar-refractivity contribution in [3.63, 3.8) is 0 Å². The molecule has 0 aromatic heterocycles. The van der Waals surface area contributed by atoms with Gasteiger partial charge in [-0.3, -0.25) is 0 Å². The van der Waals surface area contributed by atoms with E-state index in [0.29, 0.717) is 12.2 Å². The molecule has 2 N–H and O–H groups in total. The summed E-state index contributed by atoms with van der Waals surface area (Å²) in [6.45, 7) is 2.05. The van der Waals surface area contributed by atoms with Crippen molar-refractivity contribution in [2.24, 2.45) is 5.73 Å². The van der Waals surface area contributed by atoms with Crippen LogP contribution in [-0.4, -0.2) is 34.1 Å². The van der Waals surface area contributed by atoms with Crippen LogP contribution in [0.3, 0.4) is 0 Å². The van der Waals surface area contributed by atoms with Gasteiger partial charge in [0.2, 0.25) is 0 Å². The van der Waals surface area contributed by atoms with E-state index in [-0.39, 0.29) is 17.3 Å². The minimum atomic E-state index is -3.22. The number of benzene rings is 1. The fraction of sp³-hybridized carbons (Fsp3) is 0.500. The Morgan fingerprint density at radius 2 is 2.17 bits per heavy atom. The minimum Gasteiger partial charge on any atom is -0.493 e. The van der Waals surface area contributed by atoms with Crippen LogP contribution in [0.1, 0.15) is 22.6 Å². The summed E-state index contributed by atoms with van der Waals surface area (Å²) >= 11 is 0. The first-order chi connectivity index (χ1) is 9.52. The van der Waals surface area contributed by atoms with E-state index in [1.807, 2.05) is 0 Å². The largest absolute Gasteiger partial charge is 0.493 e. The minimum absolute atomic E-state index is 0.0622. The molecule has 102 valence electrons. The molecule has 5 nitrogen and oxygen atoms in total. The van der Waals surface area contributed by atoms with Crippen LogP contribution in [0.5, 0.6) is 11.5 Å². The van der Waals surface area contributed by atoms with Gasteiger partial charge in [-0.1, -0.05) is 6.07 Å². The van der Waals surface area contributed by atoms with Gasteiger partial charge in [-0.2, -0.15) is 0 Å². The molecule has 1 rings (SSSR count). The van der Waals surface area contributed by atoms with E-state index in [1.165, 1.54) is 18.2 Å². The molecule has 6 heteroatoms. The SMILES string of the molecule is [2H]C([2H])([2H])Oc1ccc(C(N)CS(C)(=O)=O)cc1OCC. The van der Waals surface area contributed by atoms with Crippen LogP contribution in [0.4, 0.5) is 0 Å². The maximum atomic E-state index is 11.3. The van der Waals surface area contributed by atoms with Gasteiger partial charge in [0.15, 0.2) is 11.5 Å². The molecule has 18 heavy (non-hydrogen) atoms. The average molecular weight is 276 g/mol. The van der Waals surface area contributed by atoms with Crippen molar-refractivity contribution in [3.05, 3.63) is 23.8 Å². The van der Waals surface area contributed by atoms with Gasteiger partial charge >= 0.3 is 0 Å². The zero-order valence-corrected chi connectivity index (χ0v) is 11.2. The van der Waals surface area contributed by atoms with Gasteiger partial charge in [0.25, 0.3) is 0 Å².